The van der Waals surface area contributed by atoms with Crippen LogP contribution in [0.1, 0.15) is 0 Å². The summed E-state index contributed by atoms with van der Waals surface area (Å²) in [5.41, 5.74) is 7.33. The molecule has 0 saturated carbocycles. The predicted molar refractivity (Wildman–Crippen MR) is 57.8 cm³/mol. The van der Waals surface area contributed by atoms with Gasteiger partial charge in [-0.15, -0.1) is 0 Å². The van der Waals surface area contributed by atoms with Crippen LogP contribution < -0.4 is 11.3 Å². The molecule has 1 heterocycles. The van der Waals surface area contributed by atoms with E-state index in [1.165, 1.54) is 10.1 Å². The highest BCUT2D eigenvalue weighted by molar-refractivity contribution is 9.10. The quantitative estimate of drug-likeness (QED) is 0.886. The molecule has 0 spiro atoms. The van der Waals surface area contributed by atoms with Crippen molar-refractivity contribution in [2.75, 3.05) is 5.73 Å². The van der Waals surface area contributed by atoms with Crippen LogP contribution in [0.5, 0.6) is 0 Å². The monoisotopic (exact) mass is 262 g/mol. The number of halogens is 2. The first-order valence-electron chi connectivity index (χ1n) is 3.56. The Morgan fingerprint density at radius 1 is 1.69 bits per heavy atom. The van der Waals surface area contributed by atoms with Crippen molar-refractivity contribution in [3.63, 3.8) is 0 Å². The van der Waals surface area contributed by atoms with Gasteiger partial charge in [-0.3, -0.25) is 4.79 Å². The highest BCUT2D eigenvalue weighted by Crippen LogP contribution is 2.07. The summed E-state index contributed by atoms with van der Waals surface area (Å²) >= 11 is 8.46. The second-order valence-corrected chi connectivity index (χ2v) is 3.55. The first-order chi connectivity index (χ1) is 6.15. The number of aromatic nitrogens is 1. The van der Waals surface area contributed by atoms with Gasteiger partial charge in [0.1, 0.15) is 0 Å². The molecule has 1 aromatic rings. The molecular weight excluding hydrogens is 255 g/mol. The van der Waals surface area contributed by atoms with Crippen LogP contribution in [0.25, 0.3) is 0 Å². The number of nitrogens with zero attached hydrogens (tertiary/aromatic N) is 1. The minimum absolute atomic E-state index is 0.121. The van der Waals surface area contributed by atoms with E-state index in [1.54, 1.807) is 18.3 Å². The third kappa shape index (κ3) is 2.60. The molecule has 0 fully saturated rings. The fourth-order valence-electron chi connectivity index (χ4n) is 0.910. The van der Waals surface area contributed by atoms with Crippen LogP contribution in [0.15, 0.2) is 33.1 Å². The number of anilines is 1. The molecule has 0 aromatic carbocycles. The summed E-state index contributed by atoms with van der Waals surface area (Å²) in [6.45, 7) is 0.423. The molecule has 0 saturated heterocycles. The van der Waals surface area contributed by atoms with E-state index in [4.69, 9.17) is 17.3 Å². The Kier molecular flexibility index (Phi) is 3.57. The highest BCUT2D eigenvalue weighted by Gasteiger charge is 2.00. The van der Waals surface area contributed by atoms with Crippen molar-refractivity contribution in [1.29, 1.82) is 0 Å². The van der Waals surface area contributed by atoms with E-state index in [2.05, 4.69) is 15.9 Å². The number of allylic oxidation sites excluding steroid dienone is 1. The van der Waals surface area contributed by atoms with E-state index in [1.807, 2.05) is 0 Å². The zero-order valence-corrected chi connectivity index (χ0v) is 9.05. The lowest BCUT2D eigenvalue weighted by molar-refractivity contribution is 0.777. The zero-order valence-electron chi connectivity index (χ0n) is 6.71. The summed E-state index contributed by atoms with van der Waals surface area (Å²) in [4.78, 5) is 11.4. The number of hydrogen-bond donors (Lipinski definition) is 1. The molecule has 70 valence electrons. The second-order valence-electron chi connectivity index (χ2n) is 2.44. The summed E-state index contributed by atoms with van der Waals surface area (Å²) in [7, 11) is 0. The van der Waals surface area contributed by atoms with E-state index in [0.29, 0.717) is 16.7 Å². The van der Waals surface area contributed by atoms with E-state index >= 15 is 0 Å². The average molecular weight is 264 g/mol. The molecule has 1 aromatic heterocycles. The molecule has 0 radical (unpaired) electrons. The lowest BCUT2D eigenvalue weighted by Gasteiger charge is -2.03. The molecule has 0 atom stereocenters. The third-order valence-corrected chi connectivity index (χ3v) is 2.20. The molecule has 0 aliphatic carbocycles. The molecule has 13 heavy (non-hydrogen) atoms. The summed E-state index contributed by atoms with van der Waals surface area (Å²) in [6.07, 6.45) is 3.23. The summed E-state index contributed by atoms with van der Waals surface area (Å²) < 4.78 is 1.92. The first kappa shape index (κ1) is 10.3. The van der Waals surface area contributed by atoms with Crippen molar-refractivity contribution >= 4 is 33.2 Å². The van der Waals surface area contributed by atoms with Crippen molar-refractivity contribution in [3.05, 3.63) is 38.7 Å². The Labute approximate surface area is 88.9 Å². The van der Waals surface area contributed by atoms with Gasteiger partial charge < -0.3 is 10.3 Å². The minimum atomic E-state index is -0.121. The van der Waals surface area contributed by atoms with Gasteiger partial charge in [-0.2, -0.15) is 0 Å². The van der Waals surface area contributed by atoms with Crippen LogP contribution in [0, 0.1) is 0 Å². The minimum Gasteiger partial charge on any atom is -0.398 e. The SMILES string of the molecule is Nc1cc(Br)c(=O)n(C/C=C/Cl)c1. The standard InChI is InChI=1S/C8H8BrClN2O/c9-7-4-6(11)5-12(8(7)13)3-1-2-10/h1-2,4-5H,3,11H2/b2-1+. The Hall–Kier alpha value is -0.740. The van der Waals surface area contributed by atoms with Gasteiger partial charge in [0.2, 0.25) is 0 Å². The van der Waals surface area contributed by atoms with E-state index < -0.39 is 0 Å². The number of hydrogen-bond acceptors (Lipinski definition) is 2. The summed E-state index contributed by atoms with van der Waals surface area (Å²) in [5, 5.41) is 0. The van der Waals surface area contributed by atoms with Crippen LogP contribution in [0.2, 0.25) is 0 Å². The van der Waals surface area contributed by atoms with Gasteiger partial charge in [-0.05, 0) is 22.0 Å². The van der Waals surface area contributed by atoms with Crippen molar-refractivity contribution < 1.29 is 0 Å². The summed E-state index contributed by atoms with van der Waals surface area (Å²) in [5.74, 6) is 0. The predicted octanol–water partition coefficient (Wildman–Crippen LogP) is 1.95. The molecular formula is C8H8BrClN2O. The third-order valence-electron chi connectivity index (χ3n) is 1.45. The van der Waals surface area contributed by atoms with Crippen LogP contribution >= 0.6 is 27.5 Å². The average Bonchev–Trinajstić information content (AvgIpc) is 2.09. The van der Waals surface area contributed by atoms with Crippen LogP contribution in [0.3, 0.4) is 0 Å². The number of pyridine rings is 1. The van der Waals surface area contributed by atoms with Crippen LogP contribution in [0.4, 0.5) is 5.69 Å². The van der Waals surface area contributed by atoms with E-state index in [9.17, 15) is 4.79 Å². The lowest BCUT2D eigenvalue weighted by atomic mass is 10.4. The Morgan fingerprint density at radius 3 is 3.00 bits per heavy atom. The first-order valence-corrected chi connectivity index (χ1v) is 4.79. The maximum atomic E-state index is 11.4. The van der Waals surface area contributed by atoms with Crippen LogP contribution in [-0.4, -0.2) is 4.57 Å². The Balaban J connectivity index is 3.13. The van der Waals surface area contributed by atoms with Crippen molar-refractivity contribution in [1.82, 2.24) is 4.57 Å². The molecule has 2 N–H and O–H groups in total. The largest absolute Gasteiger partial charge is 0.398 e. The van der Waals surface area contributed by atoms with Crippen molar-refractivity contribution in [2.24, 2.45) is 0 Å². The van der Waals surface area contributed by atoms with Gasteiger partial charge in [0, 0.05) is 24.0 Å². The lowest BCUT2D eigenvalue weighted by Crippen LogP contribution is -2.19. The van der Waals surface area contributed by atoms with Gasteiger partial charge in [0.15, 0.2) is 0 Å². The molecule has 5 heteroatoms. The maximum Gasteiger partial charge on any atom is 0.265 e. The second kappa shape index (κ2) is 4.48. The normalized spacial score (nSPS) is 10.9. The van der Waals surface area contributed by atoms with E-state index in [0.717, 1.165) is 0 Å². The molecule has 0 unspecified atom stereocenters. The van der Waals surface area contributed by atoms with Crippen molar-refractivity contribution in [3.8, 4) is 0 Å². The zero-order chi connectivity index (χ0) is 9.84. The number of nitrogen functional groups attached to an aromatic ring is 1. The fraction of sp³-hybridized carbons (Fsp3) is 0.125. The smallest absolute Gasteiger partial charge is 0.265 e. The van der Waals surface area contributed by atoms with Crippen molar-refractivity contribution in [2.45, 2.75) is 6.54 Å². The Morgan fingerprint density at radius 2 is 2.38 bits per heavy atom. The molecule has 0 bridgehead atoms. The van der Waals surface area contributed by atoms with Gasteiger partial charge in [-0.1, -0.05) is 17.7 Å². The molecule has 3 nitrogen and oxygen atoms in total. The molecule has 0 aliphatic heterocycles. The fourth-order valence-corrected chi connectivity index (χ4v) is 1.48. The Bertz CT molecular complexity index is 386. The van der Waals surface area contributed by atoms with Gasteiger partial charge in [0.25, 0.3) is 5.56 Å². The van der Waals surface area contributed by atoms with Gasteiger partial charge >= 0.3 is 0 Å². The molecule has 0 amide bonds. The molecule has 1 rings (SSSR count). The highest BCUT2D eigenvalue weighted by atomic mass is 79.9. The maximum absolute atomic E-state index is 11.4. The number of rotatable bonds is 2. The number of nitrogens with two attached hydrogens (primary N) is 1. The van der Waals surface area contributed by atoms with Gasteiger partial charge in [0.05, 0.1) is 4.47 Å². The van der Waals surface area contributed by atoms with E-state index in [-0.39, 0.29) is 5.56 Å². The molecule has 0 aliphatic rings. The summed E-state index contributed by atoms with van der Waals surface area (Å²) in [6, 6.07) is 1.57. The van der Waals surface area contributed by atoms with Gasteiger partial charge in [-0.25, -0.2) is 0 Å². The topological polar surface area (TPSA) is 48.0 Å². The van der Waals surface area contributed by atoms with Crippen LogP contribution in [-0.2, 0) is 6.54 Å².